The molecule has 0 saturated carbocycles. The summed E-state index contributed by atoms with van der Waals surface area (Å²) < 4.78 is 0. The lowest BCUT2D eigenvalue weighted by Gasteiger charge is -2.32. The number of benzene rings is 3. The summed E-state index contributed by atoms with van der Waals surface area (Å²) in [7, 11) is 2.05. The summed E-state index contributed by atoms with van der Waals surface area (Å²) in [6.07, 6.45) is 0. The predicted molar refractivity (Wildman–Crippen MR) is 124 cm³/mol. The summed E-state index contributed by atoms with van der Waals surface area (Å²) in [4.78, 5) is 42.6. The van der Waals surface area contributed by atoms with E-state index in [9.17, 15) is 14.4 Å². The maximum Gasteiger partial charge on any atom is 0.256 e. The van der Waals surface area contributed by atoms with Crippen molar-refractivity contribution in [1.82, 2.24) is 9.80 Å². The summed E-state index contributed by atoms with van der Waals surface area (Å²) in [5.74, 6) is -0.581. The third-order valence-corrected chi connectivity index (χ3v) is 5.63. The van der Waals surface area contributed by atoms with Gasteiger partial charge < -0.3 is 15.1 Å². The second-order valence-electron chi connectivity index (χ2n) is 7.87. The van der Waals surface area contributed by atoms with Gasteiger partial charge in [-0.1, -0.05) is 48.5 Å². The molecule has 0 spiro atoms. The van der Waals surface area contributed by atoms with Crippen LogP contribution in [-0.2, 0) is 0 Å². The maximum absolute atomic E-state index is 12.9. The summed E-state index contributed by atoms with van der Waals surface area (Å²) in [5.41, 5.74) is 2.33. The van der Waals surface area contributed by atoms with Crippen molar-refractivity contribution in [3.05, 3.63) is 101 Å². The van der Waals surface area contributed by atoms with Gasteiger partial charge in [-0.2, -0.15) is 0 Å². The van der Waals surface area contributed by atoms with E-state index in [1.165, 1.54) is 0 Å². The fourth-order valence-corrected chi connectivity index (χ4v) is 3.71. The second-order valence-corrected chi connectivity index (χ2v) is 7.87. The number of hydrogen-bond acceptors (Lipinski definition) is 4. The number of rotatable bonds is 5. The van der Waals surface area contributed by atoms with Crippen LogP contribution in [0.4, 0.5) is 5.69 Å². The molecular formula is C26H25N3O3. The molecule has 4 rings (SSSR count). The molecule has 2 amide bonds. The number of piperazine rings is 1. The zero-order valence-electron chi connectivity index (χ0n) is 18.0. The van der Waals surface area contributed by atoms with Crippen molar-refractivity contribution in [2.45, 2.75) is 0 Å². The molecule has 0 atom stereocenters. The van der Waals surface area contributed by atoms with E-state index in [4.69, 9.17) is 0 Å². The number of nitrogens with one attached hydrogen (secondary N) is 1. The Bertz CT molecular complexity index is 1120. The van der Waals surface area contributed by atoms with Crippen molar-refractivity contribution in [2.24, 2.45) is 0 Å². The topological polar surface area (TPSA) is 69.7 Å². The van der Waals surface area contributed by atoms with Crippen molar-refractivity contribution < 1.29 is 14.4 Å². The van der Waals surface area contributed by atoms with Crippen LogP contribution in [-0.4, -0.2) is 60.6 Å². The monoisotopic (exact) mass is 427 g/mol. The molecule has 1 fully saturated rings. The van der Waals surface area contributed by atoms with Crippen molar-refractivity contribution in [3.8, 4) is 0 Å². The maximum atomic E-state index is 12.9. The van der Waals surface area contributed by atoms with Gasteiger partial charge in [0.05, 0.1) is 5.56 Å². The molecule has 1 saturated heterocycles. The van der Waals surface area contributed by atoms with Crippen molar-refractivity contribution in [1.29, 1.82) is 0 Å². The Labute approximate surface area is 187 Å². The lowest BCUT2D eigenvalue weighted by molar-refractivity contribution is 0.0664. The molecule has 3 aromatic rings. The first-order valence-electron chi connectivity index (χ1n) is 10.6. The number of ketones is 1. The van der Waals surface area contributed by atoms with E-state index in [1.807, 2.05) is 18.0 Å². The van der Waals surface area contributed by atoms with Crippen molar-refractivity contribution in [2.75, 3.05) is 38.5 Å². The first-order chi connectivity index (χ1) is 15.5. The summed E-state index contributed by atoms with van der Waals surface area (Å²) >= 11 is 0. The largest absolute Gasteiger partial charge is 0.336 e. The third-order valence-electron chi connectivity index (χ3n) is 5.63. The fourth-order valence-electron chi connectivity index (χ4n) is 3.71. The Balaban J connectivity index is 1.47. The summed E-state index contributed by atoms with van der Waals surface area (Å²) in [6.45, 7) is 3.14. The second kappa shape index (κ2) is 9.58. The van der Waals surface area contributed by atoms with Gasteiger partial charge in [0, 0.05) is 48.6 Å². The quantitative estimate of drug-likeness (QED) is 0.632. The highest BCUT2D eigenvalue weighted by Crippen LogP contribution is 2.18. The third kappa shape index (κ3) is 4.76. The van der Waals surface area contributed by atoms with E-state index < -0.39 is 0 Å². The molecule has 1 aliphatic heterocycles. The molecule has 1 N–H and O–H groups in total. The molecule has 3 aromatic carbocycles. The van der Waals surface area contributed by atoms with E-state index in [2.05, 4.69) is 10.2 Å². The number of likely N-dealkylation sites (N-methyl/N-ethyl adjacent to an activating group) is 1. The van der Waals surface area contributed by atoms with Gasteiger partial charge in [-0.3, -0.25) is 14.4 Å². The summed E-state index contributed by atoms with van der Waals surface area (Å²) in [6, 6.07) is 22.5. The van der Waals surface area contributed by atoms with Crippen LogP contribution < -0.4 is 5.32 Å². The Morgan fingerprint density at radius 2 is 1.28 bits per heavy atom. The number of amides is 2. The number of nitrogens with zero attached hydrogens (tertiary/aromatic N) is 2. The van der Waals surface area contributed by atoms with Crippen LogP contribution in [0.5, 0.6) is 0 Å². The minimum absolute atomic E-state index is 0.00483. The lowest BCUT2D eigenvalue weighted by Crippen LogP contribution is -2.47. The zero-order chi connectivity index (χ0) is 22.5. The SMILES string of the molecule is CN1CCN(C(=O)c2ccc(NC(=O)c3ccccc3C(=O)c3ccccc3)cc2)CC1. The number of carbonyl (C=O) groups excluding carboxylic acids is 3. The lowest BCUT2D eigenvalue weighted by atomic mass is 9.98. The highest BCUT2D eigenvalue weighted by Gasteiger charge is 2.21. The smallest absolute Gasteiger partial charge is 0.256 e. The zero-order valence-corrected chi connectivity index (χ0v) is 18.0. The van der Waals surface area contributed by atoms with E-state index in [0.29, 0.717) is 41.0 Å². The standard InChI is InChI=1S/C26H25N3O3/c1-28-15-17-29(18-16-28)26(32)20-11-13-21(14-12-20)27-25(31)23-10-6-5-9-22(23)24(30)19-7-3-2-4-8-19/h2-14H,15-18H2,1H3,(H,27,31). The normalized spacial score (nSPS) is 14.1. The van der Waals surface area contributed by atoms with Crippen molar-refractivity contribution in [3.63, 3.8) is 0 Å². The number of anilines is 1. The van der Waals surface area contributed by atoms with Gasteiger partial charge in [-0.25, -0.2) is 0 Å². The molecule has 32 heavy (non-hydrogen) atoms. The van der Waals surface area contributed by atoms with E-state index >= 15 is 0 Å². The molecule has 6 nitrogen and oxygen atoms in total. The van der Waals surface area contributed by atoms with E-state index in [-0.39, 0.29) is 17.6 Å². The van der Waals surface area contributed by atoms with Crippen LogP contribution in [0.1, 0.15) is 36.6 Å². The van der Waals surface area contributed by atoms with Crippen LogP contribution in [0.2, 0.25) is 0 Å². The molecule has 0 aromatic heterocycles. The Hall–Kier alpha value is -3.77. The molecule has 0 unspecified atom stereocenters. The van der Waals surface area contributed by atoms with Gasteiger partial charge in [0.15, 0.2) is 5.78 Å². The van der Waals surface area contributed by atoms with E-state index in [0.717, 1.165) is 13.1 Å². The Morgan fingerprint density at radius 3 is 1.94 bits per heavy atom. The van der Waals surface area contributed by atoms with Gasteiger partial charge in [0.2, 0.25) is 0 Å². The van der Waals surface area contributed by atoms with Crippen LogP contribution in [0, 0.1) is 0 Å². The fraction of sp³-hybridized carbons (Fsp3) is 0.192. The highest BCUT2D eigenvalue weighted by molar-refractivity contribution is 6.17. The molecule has 0 aliphatic carbocycles. The van der Waals surface area contributed by atoms with Gasteiger partial charge in [-0.05, 0) is 37.4 Å². The predicted octanol–water partition coefficient (Wildman–Crippen LogP) is 3.56. The first-order valence-corrected chi connectivity index (χ1v) is 10.6. The molecule has 1 heterocycles. The molecular weight excluding hydrogens is 402 g/mol. The molecule has 0 bridgehead atoms. The molecule has 162 valence electrons. The number of carbonyl (C=O) groups is 3. The summed E-state index contributed by atoms with van der Waals surface area (Å²) in [5, 5.41) is 2.83. The van der Waals surface area contributed by atoms with Crippen LogP contribution in [0.3, 0.4) is 0 Å². The first kappa shape index (κ1) is 21.5. The van der Waals surface area contributed by atoms with Gasteiger partial charge >= 0.3 is 0 Å². The van der Waals surface area contributed by atoms with Crippen LogP contribution in [0.15, 0.2) is 78.9 Å². The minimum Gasteiger partial charge on any atom is -0.336 e. The average Bonchev–Trinajstić information content (AvgIpc) is 2.84. The minimum atomic E-state index is -0.372. The Kier molecular flexibility index (Phi) is 6.42. The highest BCUT2D eigenvalue weighted by atomic mass is 16.2. The van der Waals surface area contributed by atoms with Crippen LogP contribution in [0.25, 0.3) is 0 Å². The average molecular weight is 428 g/mol. The molecule has 0 radical (unpaired) electrons. The molecule has 1 aliphatic rings. The molecule has 6 heteroatoms. The van der Waals surface area contributed by atoms with Crippen molar-refractivity contribution >= 4 is 23.3 Å². The van der Waals surface area contributed by atoms with Gasteiger partial charge in [0.1, 0.15) is 0 Å². The van der Waals surface area contributed by atoms with E-state index in [1.54, 1.807) is 72.8 Å². The Morgan fingerprint density at radius 1 is 0.688 bits per heavy atom. The van der Waals surface area contributed by atoms with Crippen LogP contribution >= 0.6 is 0 Å². The van der Waals surface area contributed by atoms with Gasteiger partial charge in [0.25, 0.3) is 11.8 Å². The van der Waals surface area contributed by atoms with Gasteiger partial charge in [-0.15, -0.1) is 0 Å². The number of hydrogen-bond donors (Lipinski definition) is 1.